The quantitative estimate of drug-likeness (QED) is 0.149. The summed E-state index contributed by atoms with van der Waals surface area (Å²) in [6, 6.07) is 18.3. The average Bonchev–Trinajstić information content (AvgIpc) is 3.45. The maximum absolute atomic E-state index is 13.5. The second kappa shape index (κ2) is 10.8. The van der Waals surface area contributed by atoms with Crippen molar-refractivity contribution in [3.8, 4) is 11.5 Å². The molecule has 7 nitrogen and oxygen atoms in total. The standard InChI is InChI=1S/C29H25ClN2O5S/c1-3-14-37-20-11-8-17(9-12-20)25-24(26(33)18-6-5-7-21(15-18)36-4-2)27(34)28(35)32(25)29-31-22-13-10-19(30)16-23(22)38-29/h5-13,15-16,25,33H,3-4,14H2,1-2H3/b26-24+. The number of aliphatic hydroxyl groups is 1. The van der Waals surface area contributed by atoms with E-state index in [1.807, 2.05) is 13.8 Å². The number of anilines is 1. The second-order valence-corrected chi connectivity index (χ2v) is 10.1. The molecule has 38 heavy (non-hydrogen) atoms. The van der Waals surface area contributed by atoms with Crippen molar-refractivity contribution < 1.29 is 24.2 Å². The summed E-state index contributed by atoms with van der Waals surface area (Å²) in [6.45, 7) is 4.90. The van der Waals surface area contributed by atoms with Gasteiger partial charge in [0.15, 0.2) is 5.13 Å². The molecule has 1 N–H and O–H groups in total. The van der Waals surface area contributed by atoms with E-state index in [2.05, 4.69) is 4.98 Å². The molecule has 1 aliphatic rings. The fourth-order valence-electron chi connectivity index (χ4n) is 4.36. The number of amides is 1. The van der Waals surface area contributed by atoms with Crippen molar-refractivity contribution in [2.24, 2.45) is 0 Å². The van der Waals surface area contributed by atoms with Gasteiger partial charge in [-0.15, -0.1) is 0 Å². The summed E-state index contributed by atoms with van der Waals surface area (Å²) in [5.41, 5.74) is 1.64. The number of thiazole rings is 1. The molecule has 0 spiro atoms. The number of halogens is 1. The number of hydrogen-bond acceptors (Lipinski definition) is 7. The molecule has 1 atom stereocenters. The van der Waals surface area contributed by atoms with Crippen LogP contribution in [0.5, 0.6) is 11.5 Å². The lowest BCUT2D eigenvalue weighted by Crippen LogP contribution is -2.29. The molecule has 1 aromatic heterocycles. The molecule has 9 heteroatoms. The molecule has 5 rings (SSSR count). The van der Waals surface area contributed by atoms with Crippen LogP contribution in [-0.2, 0) is 9.59 Å². The molecular formula is C29H25ClN2O5S. The van der Waals surface area contributed by atoms with Crippen LogP contribution in [0.3, 0.4) is 0 Å². The van der Waals surface area contributed by atoms with Gasteiger partial charge in [0, 0.05) is 10.6 Å². The minimum absolute atomic E-state index is 0.0248. The van der Waals surface area contributed by atoms with Crippen LogP contribution in [0.15, 0.2) is 72.3 Å². The zero-order chi connectivity index (χ0) is 26.8. The van der Waals surface area contributed by atoms with Gasteiger partial charge in [0.2, 0.25) is 0 Å². The van der Waals surface area contributed by atoms with Gasteiger partial charge in [-0.2, -0.15) is 0 Å². The van der Waals surface area contributed by atoms with E-state index >= 15 is 0 Å². The topological polar surface area (TPSA) is 89.0 Å². The molecule has 4 aromatic rings. The fraction of sp³-hybridized carbons (Fsp3) is 0.207. The largest absolute Gasteiger partial charge is 0.507 e. The van der Waals surface area contributed by atoms with Gasteiger partial charge in [-0.25, -0.2) is 4.98 Å². The Labute approximate surface area is 228 Å². The lowest BCUT2D eigenvalue weighted by atomic mass is 9.95. The van der Waals surface area contributed by atoms with E-state index in [-0.39, 0.29) is 11.3 Å². The monoisotopic (exact) mass is 548 g/mol. The number of carbonyl (C=O) groups is 2. The molecule has 0 radical (unpaired) electrons. The number of nitrogens with zero attached hydrogens (tertiary/aromatic N) is 2. The van der Waals surface area contributed by atoms with Crippen LogP contribution in [0.4, 0.5) is 5.13 Å². The third-order valence-electron chi connectivity index (χ3n) is 6.08. The summed E-state index contributed by atoms with van der Waals surface area (Å²) in [5.74, 6) is -0.630. The minimum atomic E-state index is -0.901. The average molecular weight is 549 g/mol. The summed E-state index contributed by atoms with van der Waals surface area (Å²) >= 11 is 7.42. The van der Waals surface area contributed by atoms with Gasteiger partial charge < -0.3 is 14.6 Å². The number of ether oxygens (including phenoxy) is 2. The van der Waals surface area contributed by atoms with E-state index < -0.39 is 17.7 Å². The van der Waals surface area contributed by atoms with Crippen LogP contribution >= 0.6 is 22.9 Å². The minimum Gasteiger partial charge on any atom is -0.507 e. The lowest BCUT2D eigenvalue weighted by Gasteiger charge is -2.23. The molecule has 0 saturated carbocycles. The van der Waals surface area contributed by atoms with Crippen LogP contribution < -0.4 is 14.4 Å². The summed E-state index contributed by atoms with van der Waals surface area (Å²) in [5, 5.41) is 12.3. The fourth-order valence-corrected chi connectivity index (χ4v) is 5.62. The van der Waals surface area contributed by atoms with E-state index in [0.29, 0.717) is 51.5 Å². The number of ketones is 1. The number of Topliss-reactive ketones (excluding diaryl/α,β-unsaturated/α-hetero) is 1. The highest BCUT2D eigenvalue weighted by molar-refractivity contribution is 7.22. The predicted octanol–water partition coefficient (Wildman–Crippen LogP) is 6.76. The third kappa shape index (κ3) is 4.85. The Kier molecular flexibility index (Phi) is 7.35. The first kappa shape index (κ1) is 25.8. The molecule has 1 saturated heterocycles. The van der Waals surface area contributed by atoms with Crippen LogP contribution in [0, 0.1) is 0 Å². The highest BCUT2D eigenvalue weighted by Gasteiger charge is 2.48. The normalized spacial score (nSPS) is 16.8. The van der Waals surface area contributed by atoms with Crippen molar-refractivity contribution >= 4 is 55.7 Å². The second-order valence-electron chi connectivity index (χ2n) is 8.66. The molecule has 194 valence electrons. The number of benzene rings is 3. The summed E-state index contributed by atoms with van der Waals surface area (Å²) in [4.78, 5) is 32.9. The zero-order valence-electron chi connectivity index (χ0n) is 20.8. The highest BCUT2D eigenvalue weighted by Crippen LogP contribution is 2.45. The summed E-state index contributed by atoms with van der Waals surface area (Å²) in [6.07, 6.45) is 0.865. The number of fused-ring (bicyclic) bond motifs is 1. The maximum Gasteiger partial charge on any atom is 0.301 e. The Morgan fingerprint density at radius 3 is 2.55 bits per heavy atom. The molecule has 1 amide bonds. The van der Waals surface area contributed by atoms with Crippen LogP contribution in [0.1, 0.15) is 37.4 Å². The highest BCUT2D eigenvalue weighted by atomic mass is 35.5. The number of carbonyl (C=O) groups excluding carboxylic acids is 2. The van der Waals surface area contributed by atoms with Crippen molar-refractivity contribution in [2.75, 3.05) is 18.1 Å². The maximum atomic E-state index is 13.5. The summed E-state index contributed by atoms with van der Waals surface area (Å²) in [7, 11) is 0. The Balaban J connectivity index is 1.66. The smallest absolute Gasteiger partial charge is 0.301 e. The Bertz CT molecular complexity index is 1550. The van der Waals surface area contributed by atoms with Gasteiger partial charge in [0.05, 0.1) is 35.0 Å². The molecule has 1 aliphatic heterocycles. The molecule has 3 aromatic carbocycles. The van der Waals surface area contributed by atoms with Crippen LogP contribution in [0.2, 0.25) is 5.02 Å². The Morgan fingerprint density at radius 1 is 1.03 bits per heavy atom. The molecule has 1 unspecified atom stereocenters. The van der Waals surface area contributed by atoms with Crippen molar-refractivity contribution in [2.45, 2.75) is 26.3 Å². The first-order valence-electron chi connectivity index (χ1n) is 12.2. The zero-order valence-corrected chi connectivity index (χ0v) is 22.4. The van der Waals surface area contributed by atoms with Crippen molar-refractivity contribution in [1.82, 2.24) is 4.98 Å². The van der Waals surface area contributed by atoms with Gasteiger partial charge in [0.25, 0.3) is 5.78 Å². The molecule has 0 bridgehead atoms. The van der Waals surface area contributed by atoms with Gasteiger partial charge >= 0.3 is 5.91 Å². The predicted molar refractivity (Wildman–Crippen MR) is 149 cm³/mol. The molecule has 2 heterocycles. The summed E-state index contributed by atoms with van der Waals surface area (Å²) < 4.78 is 12.1. The van der Waals surface area contributed by atoms with E-state index in [1.54, 1.807) is 66.7 Å². The Hall–Kier alpha value is -3.88. The number of aromatic nitrogens is 1. The van der Waals surface area contributed by atoms with Crippen LogP contribution in [-0.4, -0.2) is 35.0 Å². The van der Waals surface area contributed by atoms with Crippen molar-refractivity contribution in [1.29, 1.82) is 0 Å². The van der Waals surface area contributed by atoms with E-state index in [0.717, 1.165) is 11.1 Å². The lowest BCUT2D eigenvalue weighted by molar-refractivity contribution is -0.132. The van der Waals surface area contributed by atoms with Gasteiger partial charge in [-0.1, -0.05) is 54.1 Å². The molecule has 0 aliphatic carbocycles. The van der Waals surface area contributed by atoms with Crippen molar-refractivity contribution in [3.05, 3.63) is 88.5 Å². The van der Waals surface area contributed by atoms with Crippen molar-refractivity contribution in [3.63, 3.8) is 0 Å². The van der Waals surface area contributed by atoms with Crippen LogP contribution in [0.25, 0.3) is 16.0 Å². The van der Waals surface area contributed by atoms with E-state index in [9.17, 15) is 14.7 Å². The van der Waals surface area contributed by atoms with E-state index in [1.165, 1.54) is 16.2 Å². The van der Waals surface area contributed by atoms with Gasteiger partial charge in [0.1, 0.15) is 17.3 Å². The SMILES string of the molecule is CCCOc1ccc(C2/C(=C(\O)c3cccc(OCC)c3)C(=O)C(=O)N2c2nc3ccc(Cl)cc3s2)cc1. The first-order valence-corrected chi connectivity index (χ1v) is 13.4. The van der Waals surface area contributed by atoms with E-state index in [4.69, 9.17) is 21.1 Å². The third-order valence-corrected chi connectivity index (χ3v) is 7.33. The Morgan fingerprint density at radius 2 is 1.82 bits per heavy atom. The number of hydrogen-bond donors (Lipinski definition) is 1. The van der Waals surface area contributed by atoms with Gasteiger partial charge in [-0.3, -0.25) is 14.5 Å². The first-order chi connectivity index (χ1) is 18.4. The number of rotatable bonds is 8. The molecular weight excluding hydrogens is 524 g/mol. The van der Waals surface area contributed by atoms with Gasteiger partial charge in [-0.05, 0) is 61.4 Å². The number of aliphatic hydroxyl groups excluding tert-OH is 1. The molecule has 1 fully saturated rings.